The topological polar surface area (TPSA) is 72.1 Å². The summed E-state index contributed by atoms with van der Waals surface area (Å²) in [6.45, 7) is 2.79. The van der Waals surface area contributed by atoms with Gasteiger partial charge in [0.2, 0.25) is 17.6 Å². The quantitative estimate of drug-likeness (QED) is 0.670. The molecule has 4 rings (SSSR count). The molecule has 1 saturated heterocycles. The van der Waals surface area contributed by atoms with Crippen molar-refractivity contribution in [3.05, 3.63) is 65.8 Å². The van der Waals surface area contributed by atoms with Crippen LogP contribution >= 0.6 is 0 Å². The number of nitrogens with zero attached hydrogens (tertiary/aromatic N) is 4. The minimum atomic E-state index is 0.0627. The number of piperidine rings is 1. The van der Waals surface area contributed by atoms with Crippen molar-refractivity contribution >= 4 is 5.91 Å². The van der Waals surface area contributed by atoms with Gasteiger partial charge in [-0.25, -0.2) is 0 Å². The Morgan fingerprint density at radius 2 is 2.04 bits per heavy atom. The van der Waals surface area contributed by atoms with Crippen LogP contribution in [-0.2, 0) is 11.2 Å². The molecule has 1 atom stereocenters. The highest BCUT2D eigenvalue weighted by atomic mass is 16.5. The van der Waals surface area contributed by atoms with Crippen LogP contribution in [0.2, 0.25) is 0 Å². The second-order valence-electron chi connectivity index (χ2n) is 7.18. The molecule has 6 nitrogen and oxygen atoms in total. The summed E-state index contributed by atoms with van der Waals surface area (Å²) in [6, 6.07) is 13.9. The molecule has 144 valence electrons. The first-order valence-corrected chi connectivity index (χ1v) is 9.81. The third kappa shape index (κ3) is 3.96. The number of aryl methyl sites for hydroxylation is 2. The van der Waals surface area contributed by atoms with Gasteiger partial charge >= 0.3 is 0 Å². The third-order valence-corrected chi connectivity index (χ3v) is 5.26. The van der Waals surface area contributed by atoms with Crippen LogP contribution in [0.4, 0.5) is 0 Å². The monoisotopic (exact) mass is 376 g/mol. The van der Waals surface area contributed by atoms with E-state index in [1.165, 1.54) is 0 Å². The predicted octanol–water partition coefficient (Wildman–Crippen LogP) is 4.13. The molecule has 1 fully saturated rings. The van der Waals surface area contributed by atoms with Crippen molar-refractivity contribution in [2.75, 3.05) is 6.54 Å². The lowest BCUT2D eigenvalue weighted by Gasteiger charge is -2.35. The molecule has 1 aliphatic rings. The summed E-state index contributed by atoms with van der Waals surface area (Å²) in [5.41, 5.74) is 3.02. The van der Waals surface area contributed by atoms with Crippen molar-refractivity contribution in [3.63, 3.8) is 0 Å². The predicted molar refractivity (Wildman–Crippen MR) is 105 cm³/mol. The molecule has 0 radical (unpaired) electrons. The summed E-state index contributed by atoms with van der Waals surface area (Å²) in [5.74, 6) is 1.19. The Labute approximate surface area is 164 Å². The highest BCUT2D eigenvalue weighted by Crippen LogP contribution is 2.30. The first kappa shape index (κ1) is 18.3. The van der Waals surface area contributed by atoms with Gasteiger partial charge in [-0.05, 0) is 43.9 Å². The number of carbonyl (C=O) groups is 1. The molecule has 0 bridgehead atoms. The minimum Gasteiger partial charge on any atom is -0.339 e. The van der Waals surface area contributed by atoms with E-state index in [1.807, 2.05) is 54.3 Å². The van der Waals surface area contributed by atoms with Gasteiger partial charge in [0.25, 0.3) is 0 Å². The molecule has 28 heavy (non-hydrogen) atoms. The lowest BCUT2D eigenvalue weighted by atomic mass is 9.98. The molecular formula is C22H24N4O2. The number of hydrogen-bond donors (Lipinski definition) is 0. The second kappa shape index (κ2) is 8.33. The van der Waals surface area contributed by atoms with E-state index in [2.05, 4.69) is 15.1 Å². The lowest BCUT2D eigenvalue weighted by Crippen LogP contribution is -2.39. The molecule has 3 aromatic rings. The van der Waals surface area contributed by atoms with E-state index in [1.54, 1.807) is 6.20 Å². The van der Waals surface area contributed by atoms with Crippen molar-refractivity contribution in [2.24, 2.45) is 0 Å². The van der Waals surface area contributed by atoms with Gasteiger partial charge in [0.1, 0.15) is 0 Å². The molecule has 3 heterocycles. The van der Waals surface area contributed by atoms with Gasteiger partial charge in [-0.15, -0.1) is 0 Å². The number of rotatable bonds is 5. The van der Waals surface area contributed by atoms with Crippen LogP contribution in [0.3, 0.4) is 0 Å². The SMILES string of the molecule is Cc1ccccc1-c1noc(CCC(=O)N2CCCC[C@@H]2c2ccccn2)n1. The summed E-state index contributed by atoms with van der Waals surface area (Å²) in [7, 11) is 0. The largest absolute Gasteiger partial charge is 0.339 e. The molecule has 2 aromatic heterocycles. The number of aromatic nitrogens is 3. The zero-order valence-electron chi connectivity index (χ0n) is 16.0. The van der Waals surface area contributed by atoms with Crippen LogP contribution in [0.5, 0.6) is 0 Å². The summed E-state index contributed by atoms with van der Waals surface area (Å²) in [4.78, 5) is 23.8. The Balaban J connectivity index is 1.42. The maximum absolute atomic E-state index is 12.9. The summed E-state index contributed by atoms with van der Waals surface area (Å²) in [6.07, 6.45) is 5.71. The molecule has 1 aromatic carbocycles. The zero-order valence-corrected chi connectivity index (χ0v) is 16.0. The number of hydrogen-bond acceptors (Lipinski definition) is 5. The maximum atomic E-state index is 12.9. The number of amides is 1. The Hall–Kier alpha value is -3.02. The number of likely N-dealkylation sites (tertiary alicyclic amines) is 1. The summed E-state index contributed by atoms with van der Waals surface area (Å²) < 4.78 is 5.38. The van der Waals surface area contributed by atoms with Crippen molar-refractivity contribution in [3.8, 4) is 11.4 Å². The molecule has 1 amide bonds. The summed E-state index contributed by atoms with van der Waals surface area (Å²) >= 11 is 0. The van der Waals surface area contributed by atoms with E-state index in [4.69, 9.17) is 4.52 Å². The number of benzene rings is 1. The van der Waals surface area contributed by atoms with Gasteiger partial charge in [0.15, 0.2) is 0 Å². The zero-order chi connectivity index (χ0) is 19.3. The standard InChI is InChI=1S/C22H24N4O2/c1-16-8-2-3-9-17(16)22-24-20(28-25-22)12-13-21(27)26-15-7-5-11-19(26)18-10-4-6-14-23-18/h2-4,6,8-10,14,19H,5,7,11-13,15H2,1H3/t19-/m1/s1. The van der Waals surface area contributed by atoms with Crippen LogP contribution in [0.25, 0.3) is 11.4 Å². The van der Waals surface area contributed by atoms with E-state index < -0.39 is 0 Å². The molecule has 0 aliphatic carbocycles. The van der Waals surface area contributed by atoms with Crippen molar-refractivity contribution in [1.29, 1.82) is 0 Å². The molecule has 6 heteroatoms. The fourth-order valence-corrected chi connectivity index (χ4v) is 3.76. The number of pyridine rings is 1. The van der Waals surface area contributed by atoms with Crippen molar-refractivity contribution in [2.45, 2.75) is 45.1 Å². The minimum absolute atomic E-state index is 0.0627. The first-order valence-electron chi connectivity index (χ1n) is 9.81. The highest BCUT2D eigenvalue weighted by Gasteiger charge is 2.28. The maximum Gasteiger partial charge on any atom is 0.227 e. The molecule has 0 N–H and O–H groups in total. The van der Waals surface area contributed by atoms with E-state index >= 15 is 0 Å². The molecule has 0 saturated carbocycles. The van der Waals surface area contributed by atoms with Crippen LogP contribution < -0.4 is 0 Å². The van der Waals surface area contributed by atoms with Crippen molar-refractivity contribution in [1.82, 2.24) is 20.0 Å². The van der Waals surface area contributed by atoms with Crippen LogP contribution in [-0.4, -0.2) is 32.5 Å². The molecular weight excluding hydrogens is 352 g/mol. The average molecular weight is 376 g/mol. The lowest BCUT2D eigenvalue weighted by molar-refractivity contribution is -0.135. The normalized spacial score (nSPS) is 16.9. The third-order valence-electron chi connectivity index (χ3n) is 5.26. The number of carbonyl (C=O) groups excluding carboxylic acids is 1. The van der Waals surface area contributed by atoms with E-state index in [-0.39, 0.29) is 11.9 Å². The van der Waals surface area contributed by atoms with Gasteiger partial charge in [-0.3, -0.25) is 9.78 Å². The van der Waals surface area contributed by atoms with E-state index in [0.29, 0.717) is 24.6 Å². The Kier molecular flexibility index (Phi) is 5.46. The second-order valence-corrected chi connectivity index (χ2v) is 7.18. The van der Waals surface area contributed by atoms with E-state index in [0.717, 1.165) is 42.6 Å². The van der Waals surface area contributed by atoms with Crippen molar-refractivity contribution < 1.29 is 9.32 Å². The molecule has 0 unspecified atom stereocenters. The average Bonchev–Trinajstić information content (AvgIpc) is 3.22. The van der Waals surface area contributed by atoms with Crippen LogP contribution in [0.1, 0.15) is 48.9 Å². The van der Waals surface area contributed by atoms with Gasteiger partial charge in [-0.1, -0.05) is 35.5 Å². The van der Waals surface area contributed by atoms with Crippen LogP contribution in [0.15, 0.2) is 53.2 Å². The Morgan fingerprint density at radius 3 is 2.86 bits per heavy atom. The molecule has 0 spiro atoms. The van der Waals surface area contributed by atoms with Gasteiger partial charge in [0, 0.05) is 31.1 Å². The van der Waals surface area contributed by atoms with Gasteiger partial charge in [-0.2, -0.15) is 4.98 Å². The smallest absolute Gasteiger partial charge is 0.227 e. The first-order chi connectivity index (χ1) is 13.7. The summed E-state index contributed by atoms with van der Waals surface area (Å²) in [5, 5.41) is 4.08. The Morgan fingerprint density at radius 1 is 1.18 bits per heavy atom. The highest BCUT2D eigenvalue weighted by molar-refractivity contribution is 5.77. The Bertz CT molecular complexity index is 938. The van der Waals surface area contributed by atoms with Crippen LogP contribution in [0, 0.1) is 6.92 Å². The van der Waals surface area contributed by atoms with Gasteiger partial charge in [0.05, 0.1) is 11.7 Å². The van der Waals surface area contributed by atoms with Gasteiger partial charge < -0.3 is 9.42 Å². The molecule has 1 aliphatic heterocycles. The van der Waals surface area contributed by atoms with E-state index in [9.17, 15) is 4.79 Å². The fourth-order valence-electron chi connectivity index (χ4n) is 3.76. The fraction of sp³-hybridized carbons (Fsp3) is 0.364.